The molecule has 0 saturated carbocycles. The van der Waals surface area contributed by atoms with Crippen LogP contribution >= 0.6 is 0 Å². The van der Waals surface area contributed by atoms with Crippen molar-refractivity contribution in [2.45, 2.75) is 0 Å². The van der Waals surface area contributed by atoms with Crippen LogP contribution in [0.4, 0.5) is 0 Å². The van der Waals surface area contributed by atoms with E-state index in [4.69, 9.17) is 9.97 Å². The van der Waals surface area contributed by atoms with E-state index in [0.29, 0.717) is 0 Å². The fourth-order valence-corrected chi connectivity index (χ4v) is 10.3. The second-order valence-corrected chi connectivity index (χ2v) is 15.7. The van der Waals surface area contributed by atoms with Crippen LogP contribution in [-0.4, -0.2) is 23.5 Å². The Morgan fingerprint density at radius 1 is 0.356 bits per heavy atom. The van der Waals surface area contributed by atoms with E-state index in [1.54, 1.807) is 0 Å². The molecule has 14 rings (SSSR count). The first-order chi connectivity index (χ1) is 29.3. The molecular formula is C54H31N5. The van der Waals surface area contributed by atoms with Crippen LogP contribution < -0.4 is 0 Å². The molecule has 0 N–H and O–H groups in total. The number of benzene rings is 9. The highest BCUT2D eigenvalue weighted by atomic mass is 15.1. The van der Waals surface area contributed by atoms with Crippen molar-refractivity contribution in [1.29, 1.82) is 0 Å². The van der Waals surface area contributed by atoms with Crippen LogP contribution in [0.1, 0.15) is 0 Å². The number of fused-ring (bicyclic) bond motifs is 11. The molecule has 9 aromatic carbocycles. The molecule has 0 aliphatic heterocycles. The molecule has 0 saturated heterocycles. The average molecular weight is 750 g/mol. The Balaban J connectivity index is 1.18. The maximum atomic E-state index is 5.63. The summed E-state index contributed by atoms with van der Waals surface area (Å²) < 4.78 is 7.33. The summed E-state index contributed by atoms with van der Waals surface area (Å²) >= 11 is 0. The van der Waals surface area contributed by atoms with Crippen LogP contribution in [0.5, 0.6) is 0 Å². The number of hydrogen-bond acceptors (Lipinski definition) is 2. The molecule has 0 radical (unpaired) electrons. The normalized spacial score (nSPS) is 12.4. The van der Waals surface area contributed by atoms with Gasteiger partial charge in [-0.05, 0) is 65.4 Å². The summed E-state index contributed by atoms with van der Waals surface area (Å²) in [4.78, 5) is 11.1. The molecule has 5 nitrogen and oxygen atoms in total. The van der Waals surface area contributed by atoms with Crippen molar-refractivity contribution < 1.29 is 0 Å². The predicted octanol–water partition coefficient (Wildman–Crippen LogP) is 13.8. The van der Waals surface area contributed by atoms with E-state index in [1.165, 1.54) is 65.2 Å². The fourth-order valence-electron chi connectivity index (χ4n) is 10.3. The lowest BCUT2D eigenvalue weighted by atomic mass is 10.0. The van der Waals surface area contributed by atoms with Gasteiger partial charge in [0.1, 0.15) is 5.69 Å². The lowest BCUT2D eigenvalue weighted by Crippen LogP contribution is -2.04. The Morgan fingerprint density at radius 2 is 0.966 bits per heavy atom. The van der Waals surface area contributed by atoms with Crippen LogP contribution in [0.3, 0.4) is 0 Å². The van der Waals surface area contributed by atoms with Crippen molar-refractivity contribution >= 4 is 104 Å². The third-order valence-electron chi connectivity index (χ3n) is 12.7. The highest BCUT2D eigenvalue weighted by molar-refractivity contribution is 6.32. The Bertz CT molecular complexity index is 4060. The zero-order valence-electron chi connectivity index (χ0n) is 31.6. The van der Waals surface area contributed by atoms with Gasteiger partial charge in [0.25, 0.3) is 0 Å². The largest absolute Gasteiger partial charge is 0.309 e. The van der Waals surface area contributed by atoms with Gasteiger partial charge in [0.05, 0.1) is 49.7 Å². The van der Waals surface area contributed by atoms with Gasteiger partial charge in [0.15, 0.2) is 5.82 Å². The summed E-state index contributed by atoms with van der Waals surface area (Å²) in [6.07, 6.45) is 0. The number of nitrogens with zero attached hydrogens (tertiary/aromatic N) is 5. The molecule has 14 aromatic rings. The zero-order valence-corrected chi connectivity index (χ0v) is 31.6. The van der Waals surface area contributed by atoms with Gasteiger partial charge in [-0.25, -0.2) is 9.97 Å². The predicted molar refractivity (Wildman–Crippen MR) is 246 cm³/mol. The molecule has 5 heterocycles. The highest BCUT2D eigenvalue weighted by Crippen LogP contribution is 2.46. The van der Waals surface area contributed by atoms with Crippen LogP contribution in [0.15, 0.2) is 188 Å². The second kappa shape index (κ2) is 11.3. The van der Waals surface area contributed by atoms with Gasteiger partial charge in [0.2, 0.25) is 0 Å². The molecule has 272 valence electrons. The number of aromatic nitrogens is 5. The molecule has 59 heavy (non-hydrogen) atoms. The first kappa shape index (κ1) is 31.1. The molecule has 0 spiro atoms. The van der Waals surface area contributed by atoms with Gasteiger partial charge in [0, 0.05) is 54.3 Å². The van der Waals surface area contributed by atoms with Crippen molar-refractivity contribution in [2.75, 3.05) is 0 Å². The number of hydrogen-bond donors (Lipinski definition) is 0. The van der Waals surface area contributed by atoms with Crippen LogP contribution in [0, 0.1) is 0 Å². The zero-order chi connectivity index (χ0) is 38.3. The standard InChI is InChI=1S/C54H31N5/c1-3-15-33(16-4-1)51-54(56-52-35-19-8-7-14-32(35)28-29-42(52)55-51)59-44-25-12-21-37-38-22-11-23-39-41-31-47-40(36-20-9-10-24-43(36)57(47)34-17-5-2-6-18-34)30-48(41)58(53(38)39)45-26-13-27-46(59)50(45)49(37)44/h1-31H. The Labute approximate surface area is 336 Å². The van der Waals surface area contributed by atoms with E-state index in [2.05, 4.69) is 202 Å². The minimum atomic E-state index is 0.821. The summed E-state index contributed by atoms with van der Waals surface area (Å²) in [6.45, 7) is 0. The third kappa shape index (κ3) is 4.03. The van der Waals surface area contributed by atoms with Crippen LogP contribution in [0.25, 0.3) is 126 Å². The van der Waals surface area contributed by atoms with E-state index in [1.807, 2.05) is 0 Å². The summed E-state index contributed by atoms with van der Waals surface area (Å²) in [5, 5.41) is 12.1. The molecule has 0 fully saturated rings. The Morgan fingerprint density at radius 3 is 1.83 bits per heavy atom. The quantitative estimate of drug-likeness (QED) is 0.169. The van der Waals surface area contributed by atoms with Crippen molar-refractivity contribution in [3.8, 4) is 22.8 Å². The van der Waals surface area contributed by atoms with E-state index in [-0.39, 0.29) is 0 Å². The third-order valence-corrected chi connectivity index (χ3v) is 12.7. The van der Waals surface area contributed by atoms with Crippen LogP contribution in [0.2, 0.25) is 0 Å². The molecular weight excluding hydrogens is 719 g/mol. The minimum absolute atomic E-state index is 0.821. The molecule has 0 atom stereocenters. The number of para-hydroxylation sites is 3. The first-order valence-electron chi connectivity index (χ1n) is 20.2. The van der Waals surface area contributed by atoms with Crippen molar-refractivity contribution in [3.63, 3.8) is 0 Å². The van der Waals surface area contributed by atoms with Gasteiger partial charge in [-0.15, -0.1) is 0 Å². The van der Waals surface area contributed by atoms with E-state index >= 15 is 0 Å². The molecule has 0 aliphatic rings. The van der Waals surface area contributed by atoms with Gasteiger partial charge >= 0.3 is 0 Å². The van der Waals surface area contributed by atoms with Crippen molar-refractivity contribution in [1.82, 2.24) is 23.5 Å². The SMILES string of the molecule is c1ccc(-c2nc3ccc4ccccc4c3nc2-n2c3cccc4c5cccc6c7cc8c(cc7n(c7cccc2c7c43)c56)c2ccccc2n8-c2ccccc2)cc1. The molecule has 5 aromatic heterocycles. The summed E-state index contributed by atoms with van der Waals surface area (Å²) in [5.74, 6) is 0.821. The van der Waals surface area contributed by atoms with E-state index in [9.17, 15) is 0 Å². The first-order valence-corrected chi connectivity index (χ1v) is 20.2. The van der Waals surface area contributed by atoms with Crippen LogP contribution in [-0.2, 0) is 0 Å². The lowest BCUT2D eigenvalue weighted by molar-refractivity contribution is 1.08. The van der Waals surface area contributed by atoms with Crippen molar-refractivity contribution in [3.05, 3.63) is 188 Å². The summed E-state index contributed by atoms with van der Waals surface area (Å²) in [7, 11) is 0. The monoisotopic (exact) mass is 749 g/mol. The van der Waals surface area contributed by atoms with Gasteiger partial charge in [-0.2, -0.15) is 0 Å². The highest BCUT2D eigenvalue weighted by Gasteiger charge is 2.25. The van der Waals surface area contributed by atoms with Crippen molar-refractivity contribution in [2.24, 2.45) is 0 Å². The molecule has 0 unspecified atom stereocenters. The minimum Gasteiger partial charge on any atom is -0.309 e. The average Bonchev–Trinajstić information content (AvgIpc) is 3.90. The second-order valence-electron chi connectivity index (χ2n) is 15.7. The fraction of sp³-hybridized carbons (Fsp3) is 0. The summed E-state index contributed by atoms with van der Waals surface area (Å²) in [5.41, 5.74) is 13.0. The smallest absolute Gasteiger partial charge is 0.165 e. The maximum Gasteiger partial charge on any atom is 0.165 e. The lowest BCUT2D eigenvalue weighted by Gasteiger charge is -2.15. The Kier molecular flexibility index (Phi) is 5.96. The van der Waals surface area contributed by atoms with Gasteiger partial charge in [-0.1, -0.05) is 133 Å². The topological polar surface area (TPSA) is 40.1 Å². The molecule has 5 heteroatoms. The van der Waals surface area contributed by atoms with E-state index in [0.717, 1.165) is 61.1 Å². The summed E-state index contributed by atoms with van der Waals surface area (Å²) in [6, 6.07) is 68.0. The Hall–Kier alpha value is -8.02. The maximum absolute atomic E-state index is 5.63. The number of rotatable bonds is 3. The molecule has 0 bridgehead atoms. The van der Waals surface area contributed by atoms with Gasteiger partial charge < -0.3 is 8.97 Å². The molecule has 0 aliphatic carbocycles. The van der Waals surface area contributed by atoms with E-state index < -0.39 is 0 Å². The molecule has 0 amide bonds. The van der Waals surface area contributed by atoms with Gasteiger partial charge in [-0.3, -0.25) is 4.57 Å².